The van der Waals surface area contributed by atoms with Gasteiger partial charge in [-0.25, -0.2) is 13.2 Å². The summed E-state index contributed by atoms with van der Waals surface area (Å²) >= 11 is 6.19. The molecular weight excluding hydrogens is 343 g/mol. The number of sulfonamides is 1. The molecule has 2 N–H and O–H groups in total. The Balaban J connectivity index is 3.27. The second-order valence-electron chi connectivity index (χ2n) is 4.06. The van der Waals surface area contributed by atoms with E-state index in [1.807, 2.05) is 0 Å². The van der Waals surface area contributed by atoms with Crippen LogP contribution in [0.2, 0.25) is 4.34 Å². The van der Waals surface area contributed by atoms with Crippen molar-refractivity contribution < 1.29 is 31.5 Å². The lowest BCUT2D eigenvalue weighted by Crippen LogP contribution is -2.61. The van der Waals surface area contributed by atoms with E-state index in [0.29, 0.717) is 16.9 Å². The van der Waals surface area contributed by atoms with E-state index >= 15 is 0 Å². The number of hydrogen-bond donors (Lipinski definition) is 2. The normalized spacial score (nSPS) is 15.9. The number of carboxylic acids is 1. The zero-order valence-electron chi connectivity index (χ0n) is 10.1. The van der Waals surface area contributed by atoms with E-state index in [4.69, 9.17) is 16.7 Å². The largest absolute Gasteiger partial charge is 0.480 e. The average molecular weight is 352 g/mol. The van der Waals surface area contributed by atoms with Crippen molar-refractivity contribution in [3.8, 4) is 0 Å². The Morgan fingerprint density at radius 3 is 2.25 bits per heavy atom. The molecule has 1 aromatic rings. The van der Waals surface area contributed by atoms with Crippen molar-refractivity contribution in [3.63, 3.8) is 0 Å². The predicted molar refractivity (Wildman–Crippen MR) is 66.5 cm³/mol. The van der Waals surface area contributed by atoms with Gasteiger partial charge in [0, 0.05) is 0 Å². The molecule has 20 heavy (non-hydrogen) atoms. The number of nitrogens with one attached hydrogen (secondary N) is 1. The topological polar surface area (TPSA) is 83.5 Å². The zero-order chi connectivity index (χ0) is 15.9. The van der Waals surface area contributed by atoms with E-state index in [1.54, 1.807) is 0 Å². The molecule has 1 atom stereocenters. The fourth-order valence-electron chi connectivity index (χ4n) is 1.11. The van der Waals surface area contributed by atoms with Gasteiger partial charge in [0.15, 0.2) is 0 Å². The number of thiophene rings is 1. The highest BCUT2D eigenvalue weighted by Crippen LogP contribution is 2.34. The molecule has 0 amide bonds. The summed E-state index contributed by atoms with van der Waals surface area (Å²) in [7, 11) is -4.66. The average Bonchev–Trinajstić information content (AvgIpc) is 2.57. The number of carbonyl (C=O) groups is 1. The molecule has 0 spiro atoms. The number of halogens is 4. The van der Waals surface area contributed by atoms with Crippen LogP contribution in [0, 0.1) is 6.92 Å². The summed E-state index contributed by atoms with van der Waals surface area (Å²) in [5.74, 6) is -2.35. The van der Waals surface area contributed by atoms with Gasteiger partial charge >= 0.3 is 12.1 Å². The van der Waals surface area contributed by atoms with E-state index in [0.717, 1.165) is 6.07 Å². The molecule has 0 aliphatic heterocycles. The van der Waals surface area contributed by atoms with Crippen LogP contribution in [0.5, 0.6) is 0 Å². The number of aryl methyl sites for hydroxylation is 1. The van der Waals surface area contributed by atoms with Gasteiger partial charge in [-0.2, -0.15) is 17.9 Å². The van der Waals surface area contributed by atoms with Crippen molar-refractivity contribution in [1.29, 1.82) is 0 Å². The minimum atomic E-state index is -5.30. The summed E-state index contributed by atoms with van der Waals surface area (Å²) in [6.45, 7) is 1.70. The lowest BCUT2D eigenvalue weighted by Gasteiger charge is -2.27. The fourth-order valence-corrected chi connectivity index (χ4v) is 4.17. The van der Waals surface area contributed by atoms with Crippen LogP contribution in [0.25, 0.3) is 0 Å². The molecule has 0 aromatic carbocycles. The van der Waals surface area contributed by atoms with Crippen LogP contribution in [0.3, 0.4) is 0 Å². The monoisotopic (exact) mass is 351 g/mol. The van der Waals surface area contributed by atoms with Crippen LogP contribution >= 0.6 is 22.9 Å². The molecule has 1 rings (SSSR count). The van der Waals surface area contributed by atoms with E-state index in [-0.39, 0.29) is 11.3 Å². The Morgan fingerprint density at radius 2 is 1.95 bits per heavy atom. The Kier molecular flexibility index (Phi) is 4.45. The molecule has 1 aromatic heterocycles. The fraction of sp³-hybridized carbons (Fsp3) is 0.444. The first-order chi connectivity index (χ1) is 8.81. The van der Waals surface area contributed by atoms with Crippen LogP contribution in [0.1, 0.15) is 12.5 Å². The van der Waals surface area contributed by atoms with Gasteiger partial charge in [0.2, 0.25) is 5.54 Å². The van der Waals surface area contributed by atoms with Gasteiger partial charge in [-0.05, 0) is 25.5 Å². The first-order valence-electron chi connectivity index (χ1n) is 4.91. The number of aliphatic carboxylic acids is 1. The van der Waals surface area contributed by atoms with E-state index in [2.05, 4.69) is 0 Å². The van der Waals surface area contributed by atoms with E-state index < -0.39 is 31.9 Å². The SMILES string of the molecule is Cc1cc(S(=O)(=O)NC(C)(C(=O)O)C(F)(F)F)sc1Cl. The molecule has 0 bridgehead atoms. The van der Waals surface area contributed by atoms with Crippen LogP contribution in [-0.2, 0) is 14.8 Å². The molecule has 0 aliphatic carbocycles. The number of carboxylic acid groups (broad SMARTS) is 1. The Labute approximate surface area is 121 Å². The summed E-state index contributed by atoms with van der Waals surface area (Å²) in [5, 5.41) is 8.67. The third-order valence-corrected chi connectivity index (χ3v) is 6.02. The van der Waals surface area contributed by atoms with Gasteiger partial charge in [-0.1, -0.05) is 11.6 Å². The van der Waals surface area contributed by atoms with Gasteiger partial charge in [0.25, 0.3) is 10.0 Å². The molecular formula is C9H9ClF3NO4S2. The van der Waals surface area contributed by atoms with Crippen molar-refractivity contribution in [2.75, 3.05) is 0 Å². The van der Waals surface area contributed by atoms with Crippen LogP contribution in [0.15, 0.2) is 10.3 Å². The second kappa shape index (κ2) is 5.17. The Hall–Kier alpha value is -0.840. The molecule has 1 heterocycles. The summed E-state index contributed by atoms with van der Waals surface area (Å²) < 4.78 is 62.7. The maximum atomic E-state index is 12.8. The minimum Gasteiger partial charge on any atom is -0.480 e. The molecule has 5 nitrogen and oxygen atoms in total. The highest BCUT2D eigenvalue weighted by molar-refractivity contribution is 7.91. The molecule has 11 heteroatoms. The Morgan fingerprint density at radius 1 is 1.45 bits per heavy atom. The third kappa shape index (κ3) is 3.08. The van der Waals surface area contributed by atoms with Crippen molar-refractivity contribution in [2.24, 2.45) is 0 Å². The third-order valence-electron chi connectivity index (χ3n) is 2.43. The summed E-state index contributed by atoms with van der Waals surface area (Å²) in [5.41, 5.74) is -3.27. The van der Waals surface area contributed by atoms with Crippen LogP contribution in [0.4, 0.5) is 13.2 Å². The Bertz CT molecular complexity index is 621. The molecule has 0 fully saturated rings. The van der Waals surface area contributed by atoms with Gasteiger partial charge in [0.05, 0.1) is 4.34 Å². The summed E-state index contributed by atoms with van der Waals surface area (Å²) in [6.07, 6.45) is -5.30. The number of rotatable bonds is 4. The van der Waals surface area contributed by atoms with Crippen LogP contribution < -0.4 is 4.72 Å². The first-order valence-corrected chi connectivity index (χ1v) is 7.59. The van der Waals surface area contributed by atoms with Crippen molar-refractivity contribution in [1.82, 2.24) is 4.72 Å². The van der Waals surface area contributed by atoms with Gasteiger partial charge in [-0.15, -0.1) is 11.3 Å². The predicted octanol–water partition coefficient (Wildman–Crippen LogP) is 2.39. The molecule has 0 radical (unpaired) electrons. The van der Waals surface area contributed by atoms with Crippen molar-refractivity contribution >= 4 is 38.9 Å². The number of alkyl halides is 3. The van der Waals surface area contributed by atoms with Gasteiger partial charge in [-0.3, -0.25) is 0 Å². The summed E-state index contributed by atoms with van der Waals surface area (Å²) in [4.78, 5) is 10.8. The van der Waals surface area contributed by atoms with E-state index in [1.165, 1.54) is 11.6 Å². The standard InChI is InChI=1S/C9H9ClF3NO4S2/c1-4-3-5(19-6(4)10)20(17,18)14-8(2,7(15)16)9(11,12)13/h3,14H,1-2H3,(H,15,16). The van der Waals surface area contributed by atoms with Gasteiger partial charge in [0.1, 0.15) is 4.21 Å². The quantitative estimate of drug-likeness (QED) is 0.872. The van der Waals surface area contributed by atoms with Crippen molar-refractivity contribution in [3.05, 3.63) is 16.0 Å². The zero-order valence-corrected chi connectivity index (χ0v) is 12.5. The molecule has 1 unspecified atom stereocenters. The highest BCUT2D eigenvalue weighted by atomic mass is 35.5. The first kappa shape index (κ1) is 17.2. The maximum Gasteiger partial charge on any atom is 0.418 e. The van der Waals surface area contributed by atoms with Crippen molar-refractivity contribution in [2.45, 2.75) is 29.8 Å². The minimum absolute atomic E-state index is 0.0920. The number of hydrogen-bond acceptors (Lipinski definition) is 4. The van der Waals surface area contributed by atoms with Gasteiger partial charge < -0.3 is 5.11 Å². The molecule has 0 saturated heterocycles. The lowest BCUT2D eigenvalue weighted by molar-refractivity contribution is -0.201. The van der Waals surface area contributed by atoms with Crippen LogP contribution in [-0.4, -0.2) is 31.2 Å². The maximum absolute atomic E-state index is 12.8. The second-order valence-corrected chi connectivity index (χ2v) is 7.62. The highest BCUT2D eigenvalue weighted by Gasteiger charge is 2.59. The summed E-state index contributed by atoms with van der Waals surface area (Å²) in [6, 6.07) is 1.06. The smallest absolute Gasteiger partial charge is 0.418 e. The lowest BCUT2D eigenvalue weighted by atomic mass is 10.0. The van der Waals surface area contributed by atoms with E-state index in [9.17, 15) is 26.4 Å². The molecule has 0 saturated carbocycles. The molecule has 0 aliphatic rings. The molecule has 114 valence electrons.